The van der Waals surface area contributed by atoms with E-state index in [4.69, 9.17) is 5.73 Å². The minimum Gasteiger partial charge on any atom is -0.467 e. The van der Waals surface area contributed by atoms with E-state index in [0.29, 0.717) is 11.6 Å². The molecule has 6 nitrogen and oxygen atoms in total. The zero-order valence-corrected chi connectivity index (χ0v) is 12.6. The first kappa shape index (κ1) is 17.8. The minimum absolute atomic E-state index is 0. The summed E-state index contributed by atoms with van der Waals surface area (Å²) < 4.78 is 4.65. The average molecular weight is 308 g/mol. The summed E-state index contributed by atoms with van der Waals surface area (Å²) in [6.07, 6.45) is 0. The molecule has 0 saturated carbocycles. The van der Waals surface area contributed by atoms with Crippen molar-refractivity contribution in [3.05, 3.63) is 16.1 Å². The molecule has 0 aliphatic heterocycles. The molecule has 1 rings (SSSR count). The second kappa shape index (κ2) is 8.08. The van der Waals surface area contributed by atoms with Gasteiger partial charge >= 0.3 is 5.97 Å². The summed E-state index contributed by atoms with van der Waals surface area (Å²) >= 11 is 1.31. The van der Waals surface area contributed by atoms with Crippen LogP contribution in [-0.2, 0) is 16.1 Å². The van der Waals surface area contributed by atoms with Gasteiger partial charge in [0.25, 0.3) is 5.91 Å². The lowest BCUT2D eigenvalue weighted by Crippen LogP contribution is -2.45. The molecule has 1 atom stereocenters. The Bertz CT molecular complexity index is 437. The van der Waals surface area contributed by atoms with Crippen LogP contribution in [0.1, 0.15) is 29.3 Å². The highest BCUT2D eigenvalue weighted by molar-refractivity contribution is 7.09. The lowest BCUT2D eigenvalue weighted by atomic mass is 10.0. The average Bonchev–Trinajstić information content (AvgIpc) is 2.83. The van der Waals surface area contributed by atoms with Gasteiger partial charge < -0.3 is 15.8 Å². The fraction of sp³-hybridized carbons (Fsp3) is 0.545. The van der Waals surface area contributed by atoms with E-state index < -0.39 is 17.9 Å². The van der Waals surface area contributed by atoms with Gasteiger partial charge in [0.1, 0.15) is 16.7 Å². The maximum atomic E-state index is 11.9. The zero-order valence-electron chi connectivity index (χ0n) is 11.0. The molecule has 0 aliphatic carbocycles. The Morgan fingerprint density at radius 3 is 2.58 bits per heavy atom. The number of ether oxygens (including phenoxy) is 1. The summed E-state index contributed by atoms with van der Waals surface area (Å²) in [6.45, 7) is 3.95. The van der Waals surface area contributed by atoms with E-state index in [1.165, 1.54) is 18.4 Å². The van der Waals surface area contributed by atoms with Crippen molar-refractivity contribution in [1.29, 1.82) is 0 Å². The van der Waals surface area contributed by atoms with Gasteiger partial charge in [-0.3, -0.25) is 4.79 Å². The third-order valence-corrected chi connectivity index (χ3v) is 3.24. The number of aromatic nitrogens is 1. The molecule has 0 saturated heterocycles. The lowest BCUT2D eigenvalue weighted by molar-refractivity contribution is -0.144. The third kappa shape index (κ3) is 4.77. The Morgan fingerprint density at radius 1 is 1.53 bits per heavy atom. The summed E-state index contributed by atoms with van der Waals surface area (Å²) in [6, 6.07) is -0.675. The van der Waals surface area contributed by atoms with Crippen molar-refractivity contribution in [3.8, 4) is 0 Å². The van der Waals surface area contributed by atoms with Gasteiger partial charge in [0.05, 0.1) is 7.11 Å². The van der Waals surface area contributed by atoms with Crippen molar-refractivity contribution in [1.82, 2.24) is 10.3 Å². The molecule has 0 radical (unpaired) electrons. The number of rotatable bonds is 5. The Hall–Kier alpha value is -1.18. The van der Waals surface area contributed by atoms with Crippen molar-refractivity contribution >= 4 is 35.6 Å². The van der Waals surface area contributed by atoms with E-state index in [2.05, 4.69) is 15.0 Å². The van der Waals surface area contributed by atoms with Gasteiger partial charge in [-0.1, -0.05) is 13.8 Å². The Kier molecular flexibility index (Phi) is 7.58. The van der Waals surface area contributed by atoms with Crippen molar-refractivity contribution in [3.63, 3.8) is 0 Å². The highest BCUT2D eigenvalue weighted by Gasteiger charge is 2.26. The summed E-state index contributed by atoms with van der Waals surface area (Å²) in [7, 11) is 1.29. The molecule has 0 aromatic carbocycles. The summed E-state index contributed by atoms with van der Waals surface area (Å²) in [4.78, 5) is 27.5. The van der Waals surface area contributed by atoms with Crippen molar-refractivity contribution < 1.29 is 14.3 Å². The molecule has 108 valence electrons. The van der Waals surface area contributed by atoms with Crippen molar-refractivity contribution in [2.24, 2.45) is 11.7 Å². The molecule has 0 bridgehead atoms. The largest absolute Gasteiger partial charge is 0.467 e. The van der Waals surface area contributed by atoms with Crippen molar-refractivity contribution in [2.45, 2.75) is 26.4 Å². The number of esters is 1. The van der Waals surface area contributed by atoms with Crippen LogP contribution >= 0.6 is 23.7 Å². The minimum atomic E-state index is -0.675. The molecular formula is C11H18ClN3O3S. The second-order valence-electron chi connectivity index (χ2n) is 4.05. The van der Waals surface area contributed by atoms with E-state index >= 15 is 0 Å². The molecule has 0 aliphatic rings. The number of halogens is 1. The molecule has 1 unspecified atom stereocenters. The number of nitrogens with one attached hydrogen (secondary N) is 1. The number of nitrogens with zero attached hydrogens (tertiary/aromatic N) is 1. The quantitative estimate of drug-likeness (QED) is 0.790. The Labute approximate surface area is 122 Å². The maximum absolute atomic E-state index is 11.9. The first-order chi connectivity index (χ1) is 8.49. The fourth-order valence-electron chi connectivity index (χ4n) is 1.35. The number of hydrogen-bond acceptors (Lipinski definition) is 6. The molecule has 1 aromatic heterocycles. The Morgan fingerprint density at radius 2 is 2.16 bits per heavy atom. The normalized spacial score (nSPS) is 11.6. The highest BCUT2D eigenvalue weighted by Crippen LogP contribution is 2.10. The third-order valence-electron chi connectivity index (χ3n) is 2.37. The number of hydrogen-bond donors (Lipinski definition) is 2. The van der Waals surface area contributed by atoms with Crippen LogP contribution in [0.4, 0.5) is 0 Å². The SMILES string of the molecule is COC(=O)C(NC(=O)c1csc(CN)n1)C(C)C.Cl. The fourth-order valence-corrected chi connectivity index (χ4v) is 2.00. The van der Waals surface area contributed by atoms with Crippen LogP contribution in [0.3, 0.4) is 0 Å². The molecule has 1 amide bonds. The standard InChI is InChI=1S/C11H17N3O3S.ClH/c1-6(2)9(11(16)17-3)14-10(15)7-5-18-8(4-12)13-7;/h5-6,9H,4,12H2,1-3H3,(H,14,15);1H. The molecule has 19 heavy (non-hydrogen) atoms. The molecule has 1 heterocycles. The zero-order chi connectivity index (χ0) is 13.7. The van der Waals surface area contributed by atoms with Crippen LogP contribution in [0, 0.1) is 5.92 Å². The monoisotopic (exact) mass is 307 g/mol. The van der Waals surface area contributed by atoms with Crippen LogP contribution < -0.4 is 11.1 Å². The van der Waals surface area contributed by atoms with E-state index in [9.17, 15) is 9.59 Å². The van der Waals surface area contributed by atoms with E-state index in [-0.39, 0.29) is 24.0 Å². The van der Waals surface area contributed by atoms with Crippen LogP contribution in [0.2, 0.25) is 0 Å². The number of carbonyl (C=O) groups is 2. The number of amides is 1. The van der Waals surface area contributed by atoms with Crippen molar-refractivity contribution in [2.75, 3.05) is 7.11 Å². The number of methoxy groups -OCH3 is 1. The predicted octanol–water partition coefficient (Wildman–Crippen LogP) is 0.951. The number of carbonyl (C=O) groups excluding carboxylic acids is 2. The van der Waals surface area contributed by atoms with Gasteiger partial charge in [-0.25, -0.2) is 9.78 Å². The molecule has 0 spiro atoms. The smallest absolute Gasteiger partial charge is 0.328 e. The van der Waals surface area contributed by atoms with Crippen LogP contribution in [-0.4, -0.2) is 30.0 Å². The van der Waals surface area contributed by atoms with Crippen LogP contribution in [0.25, 0.3) is 0 Å². The first-order valence-electron chi connectivity index (χ1n) is 5.52. The molecule has 3 N–H and O–H groups in total. The highest BCUT2D eigenvalue weighted by atomic mass is 35.5. The van der Waals surface area contributed by atoms with Gasteiger partial charge in [0, 0.05) is 11.9 Å². The summed E-state index contributed by atoms with van der Waals surface area (Å²) in [5.41, 5.74) is 5.70. The maximum Gasteiger partial charge on any atom is 0.328 e. The number of nitrogens with two attached hydrogens (primary N) is 1. The lowest BCUT2D eigenvalue weighted by Gasteiger charge is -2.19. The van der Waals surface area contributed by atoms with Gasteiger partial charge in [0.2, 0.25) is 0 Å². The Balaban J connectivity index is 0.00000324. The first-order valence-corrected chi connectivity index (χ1v) is 6.40. The van der Waals surface area contributed by atoms with Crippen LogP contribution in [0.15, 0.2) is 5.38 Å². The van der Waals surface area contributed by atoms with Gasteiger partial charge in [-0.15, -0.1) is 23.7 Å². The summed E-state index contributed by atoms with van der Waals surface area (Å²) in [5.74, 6) is -0.920. The second-order valence-corrected chi connectivity index (χ2v) is 4.99. The topological polar surface area (TPSA) is 94.3 Å². The van der Waals surface area contributed by atoms with Crippen LogP contribution in [0.5, 0.6) is 0 Å². The van der Waals surface area contributed by atoms with Gasteiger partial charge in [0.15, 0.2) is 0 Å². The number of thiazole rings is 1. The predicted molar refractivity (Wildman–Crippen MR) is 75.4 cm³/mol. The van der Waals surface area contributed by atoms with E-state index in [1.807, 2.05) is 13.8 Å². The molecular weight excluding hydrogens is 290 g/mol. The van der Waals surface area contributed by atoms with Gasteiger partial charge in [-0.2, -0.15) is 0 Å². The molecule has 0 fully saturated rings. The summed E-state index contributed by atoms with van der Waals surface area (Å²) in [5, 5.41) is 4.91. The van der Waals surface area contributed by atoms with E-state index in [1.54, 1.807) is 5.38 Å². The molecule has 1 aromatic rings. The van der Waals surface area contributed by atoms with Gasteiger partial charge in [-0.05, 0) is 5.92 Å². The molecule has 8 heteroatoms. The van der Waals surface area contributed by atoms with E-state index in [0.717, 1.165) is 0 Å².